The van der Waals surface area contributed by atoms with Gasteiger partial charge in [0.25, 0.3) is 0 Å². The molecule has 43 heavy (non-hydrogen) atoms. The van der Waals surface area contributed by atoms with Gasteiger partial charge in [-0.05, 0) is 36.4 Å². The van der Waals surface area contributed by atoms with Crippen LogP contribution >= 0.6 is 12.4 Å². The minimum atomic E-state index is -3.95. The zero-order valence-corrected chi connectivity index (χ0v) is 25.8. The number of sulfonamides is 1. The lowest BCUT2D eigenvalue weighted by molar-refractivity contribution is 0.219. The molecule has 0 atom stereocenters. The fourth-order valence-electron chi connectivity index (χ4n) is 3.95. The number of nitrogens with zero attached hydrogens (tertiary/aromatic N) is 1. The fourth-order valence-corrected chi connectivity index (χ4v) is 5.38. The highest BCUT2D eigenvalue weighted by Gasteiger charge is 2.26. The number of amidine groups is 2. The first kappa shape index (κ1) is 34.8. The lowest BCUT2D eigenvalue weighted by atomic mass is 10.1. The van der Waals surface area contributed by atoms with Gasteiger partial charge in [-0.3, -0.25) is 10.8 Å². The van der Waals surface area contributed by atoms with Crippen molar-refractivity contribution >= 4 is 34.1 Å². The lowest BCUT2D eigenvalue weighted by Crippen LogP contribution is -2.37. The van der Waals surface area contributed by atoms with Crippen LogP contribution in [0.3, 0.4) is 0 Å². The molecule has 13 nitrogen and oxygen atoms in total. The average Bonchev–Trinajstić information content (AvgIpc) is 2.99. The van der Waals surface area contributed by atoms with E-state index in [0.29, 0.717) is 11.1 Å². The summed E-state index contributed by atoms with van der Waals surface area (Å²) in [7, 11) is 1.77. The van der Waals surface area contributed by atoms with E-state index < -0.39 is 10.0 Å². The van der Waals surface area contributed by atoms with Crippen molar-refractivity contribution in [1.29, 1.82) is 10.8 Å². The molecule has 0 radical (unpaired) electrons. The summed E-state index contributed by atoms with van der Waals surface area (Å²) in [6.07, 6.45) is 0. The molecule has 0 aliphatic heterocycles. The van der Waals surface area contributed by atoms with Crippen molar-refractivity contribution in [3.8, 4) is 34.5 Å². The second-order valence-corrected chi connectivity index (χ2v) is 10.6. The van der Waals surface area contributed by atoms with Crippen LogP contribution in [0.15, 0.2) is 59.5 Å². The number of benzene rings is 3. The molecule has 0 fully saturated rings. The predicted molar refractivity (Wildman–Crippen MR) is 165 cm³/mol. The molecule has 0 heterocycles. The van der Waals surface area contributed by atoms with Crippen LogP contribution in [0.1, 0.15) is 11.1 Å². The Morgan fingerprint density at radius 1 is 0.698 bits per heavy atom. The minimum Gasteiger partial charge on any atom is -0.493 e. The van der Waals surface area contributed by atoms with Gasteiger partial charge in [0, 0.05) is 24.2 Å². The number of rotatable bonds is 16. The Bertz CT molecular complexity index is 1390. The van der Waals surface area contributed by atoms with Gasteiger partial charge in [0.2, 0.25) is 21.5 Å². The second-order valence-electron chi connectivity index (χ2n) is 8.66. The van der Waals surface area contributed by atoms with Crippen molar-refractivity contribution in [2.24, 2.45) is 11.5 Å². The molecule has 0 saturated heterocycles. The summed E-state index contributed by atoms with van der Waals surface area (Å²) in [4.78, 5) is 0.104. The predicted octanol–water partition coefficient (Wildman–Crippen LogP) is 2.86. The molecule has 6 N–H and O–H groups in total. The van der Waals surface area contributed by atoms with Crippen LogP contribution in [0, 0.1) is 10.8 Å². The molecule has 3 aromatic rings. The van der Waals surface area contributed by atoms with Gasteiger partial charge >= 0.3 is 0 Å². The van der Waals surface area contributed by atoms with Gasteiger partial charge in [0.05, 0.1) is 33.3 Å². The van der Waals surface area contributed by atoms with Crippen LogP contribution < -0.4 is 39.9 Å². The van der Waals surface area contributed by atoms with Crippen LogP contribution in [-0.4, -0.2) is 79.1 Å². The first-order chi connectivity index (χ1) is 20.1. The van der Waals surface area contributed by atoms with Gasteiger partial charge in [-0.2, -0.15) is 4.31 Å². The summed E-state index contributed by atoms with van der Waals surface area (Å²) < 4.78 is 61.9. The molecule has 0 saturated carbocycles. The first-order valence-electron chi connectivity index (χ1n) is 12.6. The van der Waals surface area contributed by atoms with Crippen LogP contribution in [-0.2, 0) is 10.0 Å². The highest BCUT2D eigenvalue weighted by molar-refractivity contribution is 7.89. The van der Waals surface area contributed by atoms with Crippen molar-refractivity contribution < 1.29 is 36.8 Å². The van der Waals surface area contributed by atoms with Crippen molar-refractivity contribution in [2.45, 2.75) is 4.90 Å². The molecule has 234 valence electrons. The Morgan fingerprint density at radius 2 is 1.05 bits per heavy atom. The molecule has 0 bridgehead atoms. The van der Waals surface area contributed by atoms with Gasteiger partial charge in [-0.1, -0.05) is 18.2 Å². The van der Waals surface area contributed by atoms with Crippen molar-refractivity contribution in [3.63, 3.8) is 0 Å². The summed E-state index contributed by atoms with van der Waals surface area (Å²) in [6.45, 7) is -0.256. The van der Waals surface area contributed by atoms with Crippen LogP contribution in [0.25, 0.3) is 0 Å². The maximum atomic E-state index is 13.6. The summed E-state index contributed by atoms with van der Waals surface area (Å²) in [5, 5.41) is 15.4. The third-order valence-electron chi connectivity index (χ3n) is 6.10. The second kappa shape index (κ2) is 15.7. The maximum absolute atomic E-state index is 13.6. The quantitative estimate of drug-likeness (QED) is 0.134. The highest BCUT2D eigenvalue weighted by atomic mass is 35.5. The Morgan fingerprint density at radius 3 is 1.35 bits per heavy atom. The number of hydrogen-bond donors (Lipinski definition) is 4. The highest BCUT2D eigenvalue weighted by Crippen LogP contribution is 2.39. The topological polar surface area (TPSA) is 192 Å². The Labute approximate surface area is 257 Å². The Balaban J connectivity index is 0.00000645. The van der Waals surface area contributed by atoms with E-state index in [9.17, 15) is 8.42 Å². The van der Waals surface area contributed by atoms with Crippen LogP contribution in [0.4, 0.5) is 0 Å². The van der Waals surface area contributed by atoms with Gasteiger partial charge < -0.3 is 39.9 Å². The van der Waals surface area contributed by atoms with Gasteiger partial charge in [0.15, 0.2) is 23.0 Å². The smallest absolute Gasteiger partial charge is 0.243 e. The number of ether oxygens (including phenoxy) is 6. The summed E-state index contributed by atoms with van der Waals surface area (Å²) in [6, 6.07) is 14.1. The summed E-state index contributed by atoms with van der Waals surface area (Å²) >= 11 is 0. The molecule has 0 aliphatic rings. The zero-order chi connectivity index (χ0) is 30.9. The molecule has 0 spiro atoms. The van der Waals surface area contributed by atoms with Gasteiger partial charge in [0.1, 0.15) is 24.9 Å². The van der Waals surface area contributed by atoms with Gasteiger partial charge in [-0.25, -0.2) is 8.42 Å². The zero-order valence-electron chi connectivity index (χ0n) is 24.2. The van der Waals surface area contributed by atoms with E-state index in [4.69, 9.17) is 50.7 Å². The van der Waals surface area contributed by atoms with E-state index in [-0.39, 0.29) is 89.8 Å². The van der Waals surface area contributed by atoms with E-state index in [0.717, 1.165) is 0 Å². The standard InChI is InChI=1S/C28H35N5O8S.ClH/c1-36-21-14-18(27(29)30)15-22(37-2)25(21)40-12-10-33(42(34,35)20-8-6-5-7-9-20)11-13-41-26-23(38-3)16-19(28(31)32)17-24(26)39-4;/h5-9,14-17H,10-13H2,1-4H3,(H3,29,30)(H3,31,32);1H. The molecule has 0 unspecified atom stereocenters. The lowest BCUT2D eigenvalue weighted by Gasteiger charge is -2.24. The molecule has 0 aliphatic carbocycles. The van der Waals surface area contributed by atoms with E-state index in [2.05, 4.69) is 0 Å². The molecule has 15 heteroatoms. The minimum absolute atomic E-state index is 0. The van der Waals surface area contributed by atoms with Gasteiger partial charge in [-0.15, -0.1) is 12.4 Å². The average molecular weight is 638 g/mol. The molecule has 3 rings (SSSR count). The molecule has 0 aromatic heterocycles. The van der Waals surface area contributed by atoms with E-state index in [1.807, 2.05) is 0 Å². The van der Waals surface area contributed by atoms with Crippen molar-refractivity contribution in [3.05, 3.63) is 65.7 Å². The molecule has 3 aromatic carbocycles. The van der Waals surface area contributed by atoms with E-state index in [1.165, 1.54) is 69.1 Å². The maximum Gasteiger partial charge on any atom is 0.243 e. The van der Waals surface area contributed by atoms with Crippen molar-refractivity contribution in [2.75, 3.05) is 54.7 Å². The normalized spacial score (nSPS) is 10.8. The van der Waals surface area contributed by atoms with E-state index in [1.54, 1.807) is 18.2 Å². The fraction of sp³-hybridized carbons (Fsp3) is 0.286. The SMILES string of the molecule is COc1cc(C(=N)N)cc(OC)c1OCCN(CCOc1c(OC)cc(C(=N)N)cc1OC)S(=O)(=O)c1ccccc1.Cl. The Hall–Kier alpha value is -4.40. The van der Waals surface area contributed by atoms with Crippen LogP contribution in [0.5, 0.6) is 34.5 Å². The number of methoxy groups -OCH3 is 4. The molecule has 0 amide bonds. The number of nitrogens with one attached hydrogen (secondary N) is 2. The third kappa shape index (κ3) is 8.34. The first-order valence-corrected chi connectivity index (χ1v) is 14.0. The molecular weight excluding hydrogens is 602 g/mol. The summed E-state index contributed by atoms with van der Waals surface area (Å²) in [5.74, 6) is 1.20. The Kier molecular flexibility index (Phi) is 12.7. The van der Waals surface area contributed by atoms with Crippen LogP contribution in [0.2, 0.25) is 0 Å². The van der Waals surface area contributed by atoms with Crippen molar-refractivity contribution in [1.82, 2.24) is 4.31 Å². The summed E-state index contributed by atoms with van der Waals surface area (Å²) in [5.41, 5.74) is 12.0. The number of nitrogens with two attached hydrogens (primary N) is 2. The van der Waals surface area contributed by atoms with E-state index >= 15 is 0 Å². The number of halogens is 1. The monoisotopic (exact) mass is 637 g/mol. The largest absolute Gasteiger partial charge is 0.493 e. The number of nitrogen functional groups attached to an aromatic ring is 2. The molecular formula is C28H36ClN5O8S. The number of hydrogen-bond acceptors (Lipinski definition) is 10. The third-order valence-corrected chi connectivity index (χ3v) is 8.01.